The van der Waals surface area contributed by atoms with E-state index >= 15 is 0 Å². The van der Waals surface area contributed by atoms with Crippen LogP contribution in [0, 0.1) is 5.41 Å². The molecule has 0 radical (unpaired) electrons. The Bertz CT molecular complexity index is 873. The molecule has 1 amide bonds. The minimum Gasteiger partial charge on any atom is -0.489 e. The predicted molar refractivity (Wildman–Crippen MR) is 126 cm³/mol. The van der Waals surface area contributed by atoms with Crippen LogP contribution in [0.15, 0.2) is 67.8 Å². The van der Waals surface area contributed by atoms with Gasteiger partial charge in [-0.3, -0.25) is 9.59 Å². The van der Waals surface area contributed by atoms with E-state index in [1.807, 2.05) is 81.2 Å². The lowest BCUT2D eigenvalue weighted by molar-refractivity contribution is -0.147. The molecule has 4 nitrogen and oxygen atoms in total. The third kappa shape index (κ3) is 5.84. The molecular formula is C27H35NO3. The van der Waals surface area contributed by atoms with E-state index in [-0.39, 0.29) is 11.7 Å². The van der Waals surface area contributed by atoms with Gasteiger partial charge < -0.3 is 9.64 Å². The van der Waals surface area contributed by atoms with Crippen molar-refractivity contribution in [2.75, 3.05) is 7.05 Å². The molecule has 0 heterocycles. The number of hydrogen-bond donors (Lipinski definition) is 0. The lowest BCUT2D eigenvalue weighted by Gasteiger charge is -2.46. The normalized spacial score (nSPS) is 15.4. The molecule has 0 atom stereocenters. The molecule has 0 bridgehead atoms. The van der Waals surface area contributed by atoms with Crippen molar-refractivity contribution in [2.45, 2.75) is 58.6 Å². The van der Waals surface area contributed by atoms with Gasteiger partial charge in [0.1, 0.15) is 18.1 Å². The van der Waals surface area contributed by atoms with Crippen molar-refractivity contribution in [3.8, 4) is 5.75 Å². The van der Waals surface area contributed by atoms with Gasteiger partial charge in [0, 0.05) is 25.3 Å². The number of ketones is 1. The first-order valence-electron chi connectivity index (χ1n) is 10.8. The molecule has 2 aromatic carbocycles. The van der Waals surface area contributed by atoms with Gasteiger partial charge in [-0.25, -0.2) is 0 Å². The topological polar surface area (TPSA) is 46.6 Å². The molecule has 1 fully saturated rings. The highest BCUT2D eigenvalue weighted by molar-refractivity contribution is 5.84. The van der Waals surface area contributed by atoms with Crippen LogP contribution in [0.1, 0.15) is 57.6 Å². The zero-order valence-electron chi connectivity index (χ0n) is 19.3. The predicted octanol–water partition coefficient (Wildman–Crippen LogP) is 5.91. The van der Waals surface area contributed by atoms with E-state index in [9.17, 15) is 9.59 Å². The number of amides is 1. The smallest absolute Gasteiger partial charge is 0.228 e. The zero-order chi connectivity index (χ0) is 23.1. The minimum absolute atomic E-state index is 0.0856. The fourth-order valence-corrected chi connectivity index (χ4v) is 4.07. The molecule has 4 heteroatoms. The van der Waals surface area contributed by atoms with Gasteiger partial charge in [-0.2, -0.15) is 0 Å². The van der Waals surface area contributed by atoms with Gasteiger partial charge in [0.15, 0.2) is 0 Å². The molecule has 3 rings (SSSR count). The Morgan fingerprint density at radius 3 is 2.23 bits per heavy atom. The number of benzene rings is 2. The van der Waals surface area contributed by atoms with Crippen molar-refractivity contribution in [2.24, 2.45) is 5.41 Å². The molecule has 0 aromatic heterocycles. The number of ether oxygens (including phenoxy) is 1. The number of carbonyl (C=O) groups is 2. The Morgan fingerprint density at radius 2 is 1.65 bits per heavy atom. The summed E-state index contributed by atoms with van der Waals surface area (Å²) in [6.07, 6.45) is 2.28. The fourth-order valence-electron chi connectivity index (χ4n) is 4.07. The highest BCUT2D eigenvalue weighted by atomic mass is 16.5. The van der Waals surface area contributed by atoms with E-state index in [1.54, 1.807) is 0 Å². The Labute approximate surface area is 186 Å². The van der Waals surface area contributed by atoms with Crippen LogP contribution in [0.2, 0.25) is 0 Å². The molecule has 0 unspecified atom stereocenters. The van der Waals surface area contributed by atoms with E-state index < -0.39 is 11.0 Å². The lowest BCUT2D eigenvalue weighted by atomic mass is 9.74. The second-order valence-corrected chi connectivity index (χ2v) is 8.99. The van der Waals surface area contributed by atoms with Gasteiger partial charge >= 0.3 is 0 Å². The summed E-state index contributed by atoms with van der Waals surface area (Å²) in [5.74, 6) is 1.13. The maximum absolute atomic E-state index is 13.1. The molecule has 0 spiro atoms. The quantitative estimate of drug-likeness (QED) is 0.564. The number of Topliss-reactive ketones (excluding diaryl/α,β-unsaturated/α-hetero) is 1. The van der Waals surface area contributed by atoms with Crippen LogP contribution in [-0.4, -0.2) is 23.6 Å². The van der Waals surface area contributed by atoms with Gasteiger partial charge in [-0.15, -0.1) is 13.2 Å². The van der Waals surface area contributed by atoms with Crippen LogP contribution in [0.4, 0.5) is 0 Å². The number of carbonyl (C=O) groups excluding carboxylic acids is 2. The molecule has 0 N–H and O–H groups in total. The maximum atomic E-state index is 13.1. The van der Waals surface area contributed by atoms with Crippen molar-refractivity contribution < 1.29 is 14.3 Å². The van der Waals surface area contributed by atoms with Crippen LogP contribution in [-0.2, 0) is 21.7 Å². The van der Waals surface area contributed by atoms with Crippen LogP contribution >= 0.6 is 0 Å². The van der Waals surface area contributed by atoms with Crippen LogP contribution in [0.5, 0.6) is 5.75 Å². The number of nitrogens with zero attached hydrogens (tertiary/aromatic N) is 1. The van der Waals surface area contributed by atoms with E-state index in [2.05, 4.69) is 19.2 Å². The molecule has 1 aliphatic rings. The summed E-state index contributed by atoms with van der Waals surface area (Å²) in [6.45, 7) is 12.3. The average molecular weight is 422 g/mol. The minimum atomic E-state index is -0.482. The molecule has 2 aromatic rings. The van der Waals surface area contributed by atoms with Crippen LogP contribution in [0.3, 0.4) is 0 Å². The zero-order valence-corrected chi connectivity index (χ0v) is 19.3. The van der Waals surface area contributed by atoms with Gasteiger partial charge in [0.05, 0.1) is 5.54 Å². The van der Waals surface area contributed by atoms with E-state index in [0.29, 0.717) is 32.3 Å². The van der Waals surface area contributed by atoms with Crippen molar-refractivity contribution in [3.05, 3.63) is 78.9 Å². The fraction of sp³-hybridized carbons (Fsp3) is 0.407. The third-order valence-corrected chi connectivity index (χ3v) is 5.84. The largest absolute Gasteiger partial charge is 0.489 e. The van der Waals surface area contributed by atoms with Crippen molar-refractivity contribution in [1.29, 1.82) is 0 Å². The van der Waals surface area contributed by atoms with E-state index in [0.717, 1.165) is 16.9 Å². The van der Waals surface area contributed by atoms with Crippen LogP contribution < -0.4 is 4.74 Å². The summed E-state index contributed by atoms with van der Waals surface area (Å²) in [5.41, 5.74) is 1.18. The monoisotopic (exact) mass is 421 g/mol. The standard InChI is InChI=1S/C25H31NO3.C2H4/c1-24(2,3)23(28)26(4)25(15-13-21(27)14-16-25)20-11-8-12-22(17-20)29-18-19-9-6-5-7-10-19;1-2/h5-12,17H,13-16,18H2,1-4H3;1-2H2. The third-order valence-electron chi connectivity index (χ3n) is 5.84. The first-order valence-corrected chi connectivity index (χ1v) is 10.8. The summed E-state index contributed by atoms with van der Waals surface area (Å²) in [4.78, 5) is 27.0. The SMILES string of the molecule is C=C.CN(C(=O)C(C)(C)C)C1(c2cccc(OCc3ccccc3)c2)CCC(=O)CC1. The van der Waals surface area contributed by atoms with Gasteiger partial charge in [-0.1, -0.05) is 63.2 Å². The average Bonchev–Trinajstić information content (AvgIpc) is 2.79. The number of rotatable bonds is 5. The first-order chi connectivity index (χ1) is 14.7. The molecule has 1 saturated carbocycles. The molecule has 31 heavy (non-hydrogen) atoms. The Kier molecular flexibility index (Phi) is 8.21. The highest BCUT2D eigenvalue weighted by Gasteiger charge is 2.44. The van der Waals surface area contributed by atoms with Crippen molar-refractivity contribution in [1.82, 2.24) is 4.90 Å². The molecular weight excluding hydrogens is 386 g/mol. The molecule has 0 saturated heterocycles. The molecule has 0 aliphatic heterocycles. The maximum Gasteiger partial charge on any atom is 0.228 e. The summed E-state index contributed by atoms with van der Waals surface area (Å²) in [7, 11) is 1.88. The summed E-state index contributed by atoms with van der Waals surface area (Å²) in [6, 6.07) is 18.1. The highest BCUT2D eigenvalue weighted by Crippen LogP contribution is 2.43. The lowest BCUT2D eigenvalue weighted by Crippen LogP contribution is -2.52. The molecule has 166 valence electrons. The van der Waals surface area contributed by atoms with Crippen LogP contribution in [0.25, 0.3) is 0 Å². The Hall–Kier alpha value is -2.88. The van der Waals surface area contributed by atoms with Crippen molar-refractivity contribution in [3.63, 3.8) is 0 Å². The van der Waals surface area contributed by atoms with E-state index in [1.165, 1.54) is 0 Å². The van der Waals surface area contributed by atoms with Crippen molar-refractivity contribution >= 4 is 11.7 Å². The second-order valence-electron chi connectivity index (χ2n) is 8.99. The van der Waals surface area contributed by atoms with Gasteiger partial charge in [-0.05, 0) is 36.1 Å². The summed E-state index contributed by atoms with van der Waals surface area (Å²) >= 11 is 0. The molecule has 1 aliphatic carbocycles. The summed E-state index contributed by atoms with van der Waals surface area (Å²) in [5, 5.41) is 0. The Morgan fingerprint density at radius 1 is 1.03 bits per heavy atom. The first kappa shape index (κ1) is 24.4. The van der Waals surface area contributed by atoms with E-state index in [4.69, 9.17) is 4.74 Å². The van der Waals surface area contributed by atoms with Gasteiger partial charge in [0.2, 0.25) is 5.91 Å². The number of hydrogen-bond acceptors (Lipinski definition) is 3. The second kappa shape index (κ2) is 10.4. The Balaban J connectivity index is 0.00000166. The summed E-state index contributed by atoms with van der Waals surface area (Å²) < 4.78 is 6.03. The van der Waals surface area contributed by atoms with Gasteiger partial charge in [0.25, 0.3) is 0 Å².